The van der Waals surface area contributed by atoms with E-state index in [0.717, 1.165) is 31.2 Å². The fourth-order valence-corrected chi connectivity index (χ4v) is 2.54. The van der Waals surface area contributed by atoms with Crippen molar-refractivity contribution in [2.45, 2.75) is 19.3 Å². The molecule has 3 aliphatic heterocycles. The number of rotatable bonds is 0. The molecule has 5 nitrogen and oxygen atoms in total. The van der Waals surface area contributed by atoms with Crippen LogP contribution in [0.2, 0.25) is 0 Å². The van der Waals surface area contributed by atoms with Gasteiger partial charge in [-0.15, -0.1) is 0 Å². The molecule has 0 aromatic carbocycles. The Morgan fingerprint density at radius 3 is 3.24 bits per heavy atom. The van der Waals surface area contributed by atoms with Gasteiger partial charge in [0.05, 0.1) is 6.54 Å². The Morgan fingerprint density at radius 1 is 1.47 bits per heavy atom. The Morgan fingerprint density at radius 2 is 2.35 bits per heavy atom. The summed E-state index contributed by atoms with van der Waals surface area (Å²) in [7, 11) is 1.96. The third-order valence-electron chi connectivity index (χ3n) is 3.40. The predicted octanol–water partition coefficient (Wildman–Crippen LogP) is 0.629. The number of hydrogen-bond acceptors (Lipinski definition) is 4. The van der Waals surface area contributed by atoms with E-state index in [1.54, 1.807) is 11.1 Å². The maximum Gasteiger partial charge on any atom is 0.233 e. The van der Waals surface area contributed by atoms with Crippen molar-refractivity contribution in [3.05, 3.63) is 23.7 Å². The van der Waals surface area contributed by atoms with Crippen LogP contribution in [0.15, 0.2) is 28.7 Å². The average molecular weight is 232 g/mol. The molecule has 17 heavy (non-hydrogen) atoms. The fourth-order valence-electron chi connectivity index (χ4n) is 2.54. The third-order valence-corrected chi connectivity index (χ3v) is 3.40. The van der Waals surface area contributed by atoms with Gasteiger partial charge in [0.25, 0.3) is 0 Å². The van der Waals surface area contributed by atoms with Gasteiger partial charge < -0.3 is 10.2 Å². The SMILES string of the molecule is CN1C2=NC=CCC(=O)N2CC2=C1NCCC2. The summed E-state index contributed by atoms with van der Waals surface area (Å²) < 4.78 is 0. The zero-order valence-corrected chi connectivity index (χ0v) is 9.94. The summed E-state index contributed by atoms with van der Waals surface area (Å²) in [5.74, 6) is 1.99. The van der Waals surface area contributed by atoms with Crippen LogP contribution in [0.5, 0.6) is 0 Å². The quantitative estimate of drug-likeness (QED) is 0.666. The summed E-state index contributed by atoms with van der Waals surface area (Å²) in [5, 5.41) is 3.40. The van der Waals surface area contributed by atoms with E-state index in [1.807, 2.05) is 18.0 Å². The van der Waals surface area contributed by atoms with Crippen LogP contribution in [-0.2, 0) is 4.79 Å². The summed E-state index contributed by atoms with van der Waals surface area (Å²) in [4.78, 5) is 20.1. The number of guanidine groups is 1. The standard InChI is InChI=1S/C12H16N4O/c1-15-11-9(4-2-6-13-11)8-16-10(17)5-3-7-14-12(15)16/h3,7,13H,2,4-6,8H2,1H3. The molecule has 0 unspecified atom stereocenters. The van der Waals surface area contributed by atoms with Crippen molar-refractivity contribution in [1.29, 1.82) is 0 Å². The van der Waals surface area contributed by atoms with E-state index in [-0.39, 0.29) is 5.91 Å². The zero-order chi connectivity index (χ0) is 11.8. The van der Waals surface area contributed by atoms with Crippen molar-refractivity contribution in [3.63, 3.8) is 0 Å². The molecule has 0 atom stereocenters. The van der Waals surface area contributed by atoms with Gasteiger partial charge in [0, 0.05) is 26.2 Å². The molecule has 0 aliphatic carbocycles. The van der Waals surface area contributed by atoms with E-state index in [9.17, 15) is 4.79 Å². The van der Waals surface area contributed by atoms with E-state index >= 15 is 0 Å². The molecular formula is C12H16N4O. The second kappa shape index (κ2) is 3.91. The normalized spacial score (nSPS) is 23.8. The fraction of sp³-hybridized carbons (Fsp3) is 0.500. The van der Waals surface area contributed by atoms with Crippen LogP contribution < -0.4 is 5.32 Å². The Kier molecular flexibility index (Phi) is 2.39. The third kappa shape index (κ3) is 1.62. The van der Waals surface area contributed by atoms with Gasteiger partial charge in [-0.3, -0.25) is 9.69 Å². The molecule has 3 heterocycles. The lowest BCUT2D eigenvalue weighted by Crippen LogP contribution is -2.53. The first-order valence-electron chi connectivity index (χ1n) is 6.00. The van der Waals surface area contributed by atoms with Crippen LogP contribution in [0.25, 0.3) is 0 Å². The monoisotopic (exact) mass is 232 g/mol. The van der Waals surface area contributed by atoms with E-state index in [2.05, 4.69) is 10.3 Å². The van der Waals surface area contributed by atoms with Crippen molar-refractivity contribution in [2.75, 3.05) is 20.1 Å². The molecule has 0 aromatic rings. The highest BCUT2D eigenvalue weighted by Crippen LogP contribution is 2.25. The van der Waals surface area contributed by atoms with E-state index in [0.29, 0.717) is 13.0 Å². The smallest absolute Gasteiger partial charge is 0.233 e. The van der Waals surface area contributed by atoms with E-state index < -0.39 is 0 Å². The molecule has 0 saturated carbocycles. The van der Waals surface area contributed by atoms with Gasteiger partial charge in [-0.05, 0) is 18.4 Å². The Labute approximate surface area is 100 Å². The zero-order valence-electron chi connectivity index (χ0n) is 9.94. The van der Waals surface area contributed by atoms with Gasteiger partial charge >= 0.3 is 0 Å². The second-order valence-corrected chi connectivity index (χ2v) is 4.54. The van der Waals surface area contributed by atoms with Gasteiger partial charge in [-0.2, -0.15) is 0 Å². The number of carbonyl (C=O) groups excluding carboxylic acids is 1. The van der Waals surface area contributed by atoms with Gasteiger partial charge in [0.15, 0.2) is 0 Å². The van der Waals surface area contributed by atoms with Gasteiger partial charge in [0.2, 0.25) is 11.9 Å². The summed E-state index contributed by atoms with van der Waals surface area (Å²) in [6.45, 7) is 1.69. The van der Waals surface area contributed by atoms with Gasteiger partial charge in [-0.25, -0.2) is 4.99 Å². The van der Waals surface area contributed by atoms with Crippen molar-refractivity contribution < 1.29 is 4.79 Å². The number of hydrogen-bond donors (Lipinski definition) is 1. The lowest BCUT2D eigenvalue weighted by atomic mass is 10.0. The first-order valence-corrected chi connectivity index (χ1v) is 6.00. The van der Waals surface area contributed by atoms with Crippen molar-refractivity contribution in [1.82, 2.24) is 15.1 Å². The van der Waals surface area contributed by atoms with Crippen LogP contribution in [-0.4, -0.2) is 41.8 Å². The number of nitrogens with one attached hydrogen (secondary N) is 1. The Balaban J connectivity index is 2.02. The minimum atomic E-state index is 0.126. The molecule has 3 rings (SSSR count). The molecule has 90 valence electrons. The summed E-state index contributed by atoms with van der Waals surface area (Å²) >= 11 is 0. The second-order valence-electron chi connectivity index (χ2n) is 4.54. The molecule has 1 N–H and O–H groups in total. The highest BCUT2D eigenvalue weighted by Gasteiger charge is 2.33. The van der Waals surface area contributed by atoms with Gasteiger partial charge in [0.1, 0.15) is 5.82 Å². The molecule has 0 aromatic heterocycles. The molecule has 5 heteroatoms. The lowest BCUT2D eigenvalue weighted by Gasteiger charge is -2.40. The molecule has 1 amide bonds. The lowest BCUT2D eigenvalue weighted by molar-refractivity contribution is -0.126. The highest BCUT2D eigenvalue weighted by molar-refractivity contribution is 6.00. The maximum absolute atomic E-state index is 12.0. The van der Waals surface area contributed by atoms with Crippen molar-refractivity contribution in [3.8, 4) is 0 Å². The first-order chi connectivity index (χ1) is 8.27. The molecule has 0 bridgehead atoms. The van der Waals surface area contributed by atoms with Gasteiger partial charge in [-0.1, -0.05) is 6.08 Å². The largest absolute Gasteiger partial charge is 0.371 e. The maximum atomic E-state index is 12.0. The van der Waals surface area contributed by atoms with Crippen molar-refractivity contribution >= 4 is 11.9 Å². The van der Waals surface area contributed by atoms with Crippen LogP contribution in [0.3, 0.4) is 0 Å². The first kappa shape index (κ1) is 10.4. The summed E-state index contributed by atoms with van der Waals surface area (Å²) in [6.07, 6.45) is 6.18. The Hall–Kier alpha value is -1.78. The number of aliphatic imine (C=N–C) groups is 1. The van der Waals surface area contributed by atoms with E-state index in [1.165, 1.54) is 5.57 Å². The Bertz CT molecular complexity index is 449. The molecular weight excluding hydrogens is 216 g/mol. The summed E-state index contributed by atoms with van der Waals surface area (Å²) in [6, 6.07) is 0. The molecule has 0 saturated heterocycles. The number of fused-ring (bicyclic) bond motifs is 1. The van der Waals surface area contributed by atoms with E-state index in [4.69, 9.17) is 0 Å². The van der Waals surface area contributed by atoms with Crippen LogP contribution in [0, 0.1) is 0 Å². The molecule has 0 fully saturated rings. The predicted molar refractivity (Wildman–Crippen MR) is 64.9 cm³/mol. The average Bonchev–Trinajstić information content (AvgIpc) is 2.53. The molecule has 0 radical (unpaired) electrons. The number of carbonyl (C=O) groups is 1. The van der Waals surface area contributed by atoms with Crippen molar-refractivity contribution in [2.24, 2.45) is 4.99 Å². The highest BCUT2D eigenvalue weighted by atomic mass is 16.2. The minimum Gasteiger partial charge on any atom is -0.371 e. The number of amides is 1. The number of nitrogens with zero attached hydrogens (tertiary/aromatic N) is 3. The topological polar surface area (TPSA) is 47.9 Å². The van der Waals surface area contributed by atoms with Crippen LogP contribution >= 0.6 is 0 Å². The molecule has 3 aliphatic rings. The van der Waals surface area contributed by atoms with Crippen LogP contribution in [0.4, 0.5) is 0 Å². The molecule has 0 spiro atoms. The van der Waals surface area contributed by atoms with Crippen LogP contribution in [0.1, 0.15) is 19.3 Å². The summed E-state index contributed by atoms with van der Waals surface area (Å²) in [5.41, 5.74) is 1.31. The minimum absolute atomic E-state index is 0.126.